The van der Waals surface area contributed by atoms with Crippen molar-refractivity contribution in [3.05, 3.63) is 44.8 Å². The molecule has 1 aromatic heterocycles. The van der Waals surface area contributed by atoms with E-state index in [-0.39, 0.29) is 18.5 Å². The molecule has 2 aromatic rings. The molecule has 1 saturated carbocycles. The molecule has 1 aliphatic carbocycles. The number of hydrogen-bond donors (Lipinski definition) is 0. The normalized spacial score (nSPS) is 15.7. The maximum absolute atomic E-state index is 12.2. The lowest BCUT2D eigenvalue weighted by Crippen LogP contribution is -2.20. The van der Waals surface area contributed by atoms with Crippen LogP contribution in [0.25, 0.3) is 11.0 Å². The third-order valence-corrected chi connectivity index (χ3v) is 4.83. The summed E-state index contributed by atoms with van der Waals surface area (Å²) in [6, 6.07) is 4.84. The Hall–Kier alpha value is -1.81. The predicted molar refractivity (Wildman–Crippen MR) is 88.6 cm³/mol. The summed E-state index contributed by atoms with van der Waals surface area (Å²) in [4.78, 5) is 23.9. The molecule has 0 atom stereocenters. The molecular weight excluding hydrogens is 316 g/mol. The van der Waals surface area contributed by atoms with Crippen LogP contribution in [0.15, 0.2) is 27.4 Å². The van der Waals surface area contributed by atoms with Crippen LogP contribution in [0.1, 0.15) is 43.2 Å². The highest BCUT2D eigenvalue weighted by atomic mass is 35.5. The summed E-state index contributed by atoms with van der Waals surface area (Å²) >= 11 is 6.16. The standard InChI is InChI=1S/C18H19ClO4/c1-11-7-16-14(9-15(11)19)13(8-17(20)23-16)10-22-18(21)12-5-3-2-4-6-12/h7-9,12H,2-6,10H2,1H3. The molecule has 3 rings (SSSR count). The first-order valence-electron chi connectivity index (χ1n) is 7.94. The van der Waals surface area contributed by atoms with E-state index in [1.807, 2.05) is 6.92 Å². The van der Waals surface area contributed by atoms with Crippen LogP contribution >= 0.6 is 11.6 Å². The second-order valence-electron chi connectivity index (χ2n) is 6.13. The topological polar surface area (TPSA) is 56.5 Å². The van der Waals surface area contributed by atoms with Crippen molar-refractivity contribution < 1.29 is 13.9 Å². The molecule has 4 nitrogen and oxygen atoms in total. The number of esters is 1. The molecule has 0 amide bonds. The Morgan fingerprint density at radius 2 is 2.00 bits per heavy atom. The van der Waals surface area contributed by atoms with E-state index in [0.717, 1.165) is 31.2 Å². The number of carbonyl (C=O) groups is 1. The summed E-state index contributed by atoms with van der Waals surface area (Å²) < 4.78 is 10.6. The van der Waals surface area contributed by atoms with E-state index >= 15 is 0 Å². The minimum Gasteiger partial charge on any atom is -0.461 e. The van der Waals surface area contributed by atoms with Crippen molar-refractivity contribution in [1.29, 1.82) is 0 Å². The quantitative estimate of drug-likeness (QED) is 0.617. The van der Waals surface area contributed by atoms with E-state index < -0.39 is 5.63 Å². The molecule has 0 bridgehead atoms. The molecule has 0 spiro atoms. The molecule has 122 valence electrons. The lowest BCUT2D eigenvalue weighted by Gasteiger charge is -2.20. The van der Waals surface area contributed by atoms with Gasteiger partial charge in [-0.3, -0.25) is 4.79 Å². The van der Waals surface area contributed by atoms with Crippen LogP contribution in [0, 0.1) is 12.8 Å². The second-order valence-corrected chi connectivity index (χ2v) is 6.54. The van der Waals surface area contributed by atoms with Crippen LogP contribution in [0.4, 0.5) is 0 Å². The lowest BCUT2D eigenvalue weighted by atomic mass is 9.89. The number of halogens is 1. The van der Waals surface area contributed by atoms with E-state index in [1.165, 1.54) is 12.5 Å². The Balaban J connectivity index is 1.83. The average Bonchev–Trinajstić information content (AvgIpc) is 2.55. The first kappa shape index (κ1) is 16.1. The fourth-order valence-corrected chi connectivity index (χ4v) is 3.24. The molecular formula is C18H19ClO4. The van der Waals surface area contributed by atoms with Crippen LogP contribution in [0.3, 0.4) is 0 Å². The number of benzene rings is 1. The summed E-state index contributed by atoms with van der Waals surface area (Å²) in [5, 5.41) is 1.29. The Kier molecular flexibility index (Phi) is 4.71. The third kappa shape index (κ3) is 3.58. The zero-order chi connectivity index (χ0) is 16.4. The van der Waals surface area contributed by atoms with Crippen LogP contribution < -0.4 is 5.63 Å². The third-order valence-electron chi connectivity index (χ3n) is 4.42. The molecule has 0 aliphatic heterocycles. The van der Waals surface area contributed by atoms with Crippen molar-refractivity contribution in [3.8, 4) is 0 Å². The molecule has 0 saturated heterocycles. The van der Waals surface area contributed by atoms with E-state index in [4.69, 9.17) is 20.8 Å². The van der Waals surface area contributed by atoms with Crippen molar-refractivity contribution in [3.63, 3.8) is 0 Å². The van der Waals surface area contributed by atoms with Crippen molar-refractivity contribution in [1.82, 2.24) is 0 Å². The molecule has 1 heterocycles. The fourth-order valence-electron chi connectivity index (χ4n) is 3.07. The SMILES string of the molecule is Cc1cc2oc(=O)cc(COC(=O)C3CCCCC3)c2cc1Cl. The van der Waals surface area contributed by atoms with Gasteiger partial charge in [-0.25, -0.2) is 4.79 Å². The highest BCUT2D eigenvalue weighted by Gasteiger charge is 2.22. The highest BCUT2D eigenvalue weighted by Crippen LogP contribution is 2.27. The number of aryl methyl sites for hydroxylation is 1. The zero-order valence-electron chi connectivity index (χ0n) is 13.1. The number of hydrogen-bond acceptors (Lipinski definition) is 4. The number of rotatable bonds is 3. The summed E-state index contributed by atoms with van der Waals surface area (Å²) in [6.07, 6.45) is 5.12. The van der Waals surface area contributed by atoms with Crippen molar-refractivity contribution >= 4 is 28.5 Å². The van der Waals surface area contributed by atoms with Gasteiger partial charge in [-0.15, -0.1) is 0 Å². The van der Waals surface area contributed by atoms with E-state index in [9.17, 15) is 9.59 Å². The molecule has 0 N–H and O–H groups in total. The van der Waals surface area contributed by atoms with Crippen LogP contribution in [0.5, 0.6) is 0 Å². The van der Waals surface area contributed by atoms with E-state index in [1.54, 1.807) is 12.1 Å². The molecule has 5 heteroatoms. The van der Waals surface area contributed by atoms with Crippen molar-refractivity contribution in [2.45, 2.75) is 45.6 Å². The van der Waals surface area contributed by atoms with Gasteiger partial charge in [0.15, 0.2) is 0 Å². The second kappa shape index (κ2) is 6.75. The molecule has 1 aliphatic rings. The first-order chi connectivity index (χ1) is 11.0. The predicted octanol–water partition coefficient (Wildman–Crippen LogP) is 4.38. The van der Waals surface area contributed by atoms with Crippen LogP contribution in [-0.4, -0.2) is 5.97 Å². The summed E-state index contributed by atoms with van der Waals surface area (Å²) in [7, 11) is 0. The molecule has 23 heavy (non-hydrogen) atoms. The zero-order valence-corrected chi connectivity index (χ0v) is 13.8. The Labute approximate surface area is 139 Å². The van der Waals surface area contributed by atoms with Crippen LogP contribution in [-0.2, 0) is 16.1 Å². The van der Waals surface area contributed by atoms with Gasteiger partial charge in [-0.05, 0) is 37.5 Å². The summed E-state index contributed by atoms with van der Waals surface area (Å²) in [5.41, 5.74) is 1.46. The maximum Gasteiger partial charge on any atom is 0.336 e. The molecule has 0 radical (unpaired) electrons. The number of fused-ring (bicyclic) bond motifs is 1. The van der Waals surface area contributed by atoms with Crippen molar-refractivity contribution in [2.24, 2.45) is 5.92 Å². The smallest absolute Gasteiger partial charge is 0.336 e. The van der Waals surface area contributed by atoms with Crippen molar-refractivity contribution in [2.75, 3.05) is 0 Å². The lowest BCUT2D eigenvalue weighted by molar-refractivity contribution is -0.151. The van der Waals surface area contributed by atoms with Gasteiger partial charge in [0.1, 0.15) is 12.2 Å². The van der Waals surface area contributed by atoms with Gasteiger partial charge in [-0.1, -0.05) is 30.9 Å². The number of ether oxygens (including phenoxy) is 1. The first-order valence-corrected chi connectivity index (χ1v) is 8.32. The van der Waals surface area contributed by atoms with E-state index in [2.05, 4.69) is 0 Å². The van der Waals surface area contributed by atoms with Gasteiger partial charge >= 0.3 is 11.6 Å². The summed E-state index contributed by atoms with van der Waals surface area (Å²) in [6.45, 7) is 1.91. The largest absolute Gasteiger partial charge is 0.461 e. The Bertz CT molecular complexity index is 787. The van der Waals surface area contributed by atoms with Gasteiger partial charge in [0.2, 0.25) is 0 Å². The van der Waals surface area contributed by atoms with Crippen LogP contribution in [0.2, 0.25) is 5.02 Å². The minimum atomic E-state index is -0.456. The van der Waals surface area contributed by atoms with Gasteiger partial charge in [-0.2, -0.15) is 0 Å². The average molecular weight is 335 g/mol. The Morgan fingerprint density at radius 1 is 1.26 bits per heavy atom. The highest BCUT2D eigenvalue weighted by molar-refractivity contribution is 6.32. The minimum absolute atomic E-state index is 0.0130. The maximum atomic E-state index is 12.2. The molecule has 1 aromatic carbocycles. The fraction of sp³-hybridized carbons (Fsp3) is 0.444. The summed E-state index contributed by atoms with van der Waals surface area (Å²) in [5.74, 6) is -0.190. The van der Waals surface area contributed by atoms with E-state index in [0.29, 0.717) is 21.6 Å². The molecule has 1 fully saturated rings. The Morgan fingerprint density at radius 3 is 2.74 bits per heavy atom. The monoisotopic (exact) mass is 334 g/mol. The van der Waals surface area contributed by atoms with Gasteiger partial charge in [0.25, 0.3) is 0 Å². The molecule has 0 unspecified atom stereocenters. The van der Waals surface area contributed by atoms with Gasteiger partial charge < -0.3 is 9.15 Å². The van der Waals surface area contributed by atoms with Gasteiger partial charge in [0, 0.05) is 22.0 Å². The number of carbonyl (C=O) groups excluding carboxylic acids is 1. The van der Waals surface area contributed by atoms with Gasteiger partial charge in [0.05, 0.1) is 5.92 Å².